The number of ether oxygens (including phenoxy) is 2. The van der Waals surface area contributed by atoms with Gasteiger partial charge in [-0.25, -0.2) is 0 Å². The Hall–Kier alpha value is -0.610. The van der Waals surface area contributed by atoms with Crippen LogP contribution in [0.4, 0.5) is 0 Å². The van der Waals surface area contributed by atoms with E-state index in [9.17, 15) is 4.79 Å². The van der Waals surface area contributed by atoms with Crippen LogP contribution in [0, 0.1) is 0 Å². The van der Waals surface area contributed by atoms with Gasteiger partial charge in [0.2, 0.25) is 0 Å². The monoisotopic (exact) mass is 243 g/mol. The molecule has 1 aliphatic heterocycles. The van der Waals surface area contributed by atoms with E-state index in [2.05, 4.69) is 4.90 Å². The lowest BCUT2D eigenvalue weighted by Crippen LogP contribution is -2.52. The van der Waals surface area contributed by atoms with Crippen molar-refractivity contribution in [3.8, 4) is 0 Å². The topological polar surface area (TPSA) is 38.8 Å². The summed E-state index contributed by atoms with van der Waals surface area (Å²) in [5.41, 5.74) is -0.422. The fourth-order valence-electron chi connectivity index (χ4n) is 2.07. The fraction of sp³-hybridized carbons (Fsp3) is 0.923. The third-order valence-corrected chi connectivity index (χ3v) is 2.74. The molecule has 0 aliphatic carbocycles. The van der Waals surface area contributed by atoms with Crippen molar-refractivity contribution in [3.05, 3.63) is 0 Å². The zero-order chi connectivity index (χ0) is 13.2. The maximum Gasteiger partial charge on any atom is 0.323 e. The van der Waals surface area contributed by atoms with Gasteiger partial charge in [0, 0.05) is 13.1 Å². The molecule has 1 heterocycles. The van der Waals surface area contributed by atoms with Gasteiger partial charge in [-0.1, -0.05) is 0 Å². The first-order chi connectivity index (χ1) is 7.69. The van der Waals surface area contributed by atoms with Crippen LogP contribution in [0.1, 0.15) is 41.5 Å². The maximum absolute atomic E-state index is 12.0. The molecule has 3 atom stereocenters. The molecule has 0 aromatic heterocycles. The van der Waals surface area contributed by atoms with Gasteiger partial charge in [0.15, 0.2) is 0 Å². The Balaban J connectivity index is 2.57. The van der Waals surface area contributed by atoms with Crippen LogP contribution in [0.5, 0.6) is 0 Å². The highest BCUT2D eigenvalue weighted by atomic mass is 16.6. The van der Waals surface area contributed by atoms with Crippen molar-refractivity contribution in [1.82, 2.24) is 4.90 Å². The lowest BCUT2D eigenvalue weighted by atomic mass is 10.1. The number of hydrogen-bond donors (Lipinski definition) is 0. The molecule has 0 aromatic rings. The minimum Gasteiger partial charge on any atom is -0.459 e. The summed E-state index contributed by atoms with van der Waals surface area (Å²) < 4.78 is 11.1. The van der Waals surface area contributed by atoms with E-state index >= 15 is 0 Å². The van der Waals surface area contributed by atoms with Gasteiger partial charge in [-0.2, -0.15) is 0 Å². The average Bonchev–Trinajstić information content (AvgIpc) is 2.12. The molecule has 1 aliphatic rings. The van der Waals surface area contributed by atoms with Gasteiger partial charge in [0.25, 0.3) is 0 Å². The van der Waals surface area contributed by atoms with Crippen molar-refractivity contribution in [2.45, 2.75) is 65.4 Å². The molecule has 4 nitrogen and oxygen atoms in total. The Labute approximate surface area is 104 Å². The highest BCUT2D eigenvalue weighted by molar-refractivity contribution is 5.75. The summed E-state index contributed by atoms with van der Waals surface area (Å²) >= 11 is 0. The normalized spacial score (nSPS) is 28.8. The third-order valence-electron chi connectivity index (χ3n) is 2.74. The van der Waals surface area contributed by atoms with Crippen LogP contribution in [-0.4, -0.2) is 47.8 Å². The molecule has 0 N–H and O–H groups in total. The van der Waals surface area contributed by atoms with Crippen molar-refractivity contribution in [1.29, 1.82) is 0 Å². The van der Waals surface area contributed by atoms with Gasteiger partial charge >= 0.3 is 5.97 Å². The fourth-order valence-corrected chi connectivity index (χ4v) is 2.07. The molecule has 0 radical (unpaired) electrons. The molecule has 0 spiro atoms. The Morgan fingerprint density at radius 2 is 1.76 bits per heavy atom. The minimum atomic E-state index is -0.422. The smallest absolute Gasteiger partial charge is 0.323 e. The lowest BCUT2D eigenvalue weighted by molar-refractivity contribution is -0.165. The van der Waals surface area contributed by atoms with Crippen molar-refractivity contribution in [3.63, 3.8) is 0 Å². The molecule has 4 heteroatoms. The second-order valence-corrected chi connectivity index (χ2v) is 5.92. The van der Waals surface area contributed by atoms with Crippen LogP contribution in [0.15, 0.2) is 0 Å². The van der Waals surface area contributed by atoms with E-state index in [-0.39, 0.29) is 24.2 Å². The number of hydrogen-bond acceptors (Lipinski definition) is 4. The largest absolute Gasteiger partial charge is 0.459 e. The molecule has 1 rings (SSSR count). The Bertz CT molecular complexity index is 262. The van der Waals surface area contributed by atoms with E-state index in [0.29, 0.717) is 0 Å². The van der Waals surface area contributed by atoms with Gasteiger partial charge in [-0.15, -0.1) is 0 Å². The van der Waals surface area contributed by atoms with Gasteiger partial charge in [-0.3, -0.25) is 9.69 Å². The molecule has 0 amide bonds. The summed E-state index contributed by atoms with van der Waals surface area (Å²) in [6.45, 7) is 13.2. The summed E-state index contributed by atoms with van der Waals surface area (Å²) in [7, 11) is 0. The first-order valence-electron chi connectivity index (χ1n) is 6.31. The van der Waals surface area contributed by atoms with E-state index in [0.717, 1.165) is 13.1 Å². The maximum atomic E-state index is 12.0. The van der Waals surface area contributed by atoms with Gasteiger partial charge < -0.3 is 9.47 Å². The zero-order valence-corrected chi connectivity index (χ0v) is 11.8. The van der Waals surface area contributed by atoms with E-state index in [1.54, 1.807) is 0 Å². The number of carbonyl (C=O) groups is 1. The molecule has 1 saturated heterocycles. The molecule has 0 bridgehead atoms. The van der Waals surface area contributed by atoms with E-state index in [4.69, 9.17) is 9.47 Å². The predicted octanol–water partition coefficient (Wildman–Crippen LogP) is 1.83. The van der Waals surface area contributed by atoms with Gasteiger partial charge in [-0.05, 0) is 41.5 Å². The van der Waals surface area contributed by atoms with E-state index in [1.807, 2.05) is 41.5 Å². The molecular formula is C13H25NO3. The minimum absolute atomic E-state index is 0.154. The number of morpholine rings is 1. The molecule has 100 valence electrons. The quantitative estimate of drug-likeness (QED) is 0.694. The molecule has 1 fully saturated rings. The number of esters is 1. The standard InChI is InChI=1S/C13H25NO3/c1-9-7-14(8-10(2)16-9)11(3)12(15)17-13(4,5)6/h9-11H,7-8H2,1-6H3/t9-,10+,11?. The van der Waals surface area contributed by atoms with Crippen LogP contribution in [0.25, 0.3) is 0 Å². The van der Waals surface area contributed by atoms with Crippen LogP contribution in [-0.2, 0) is 14.3 Å². The van der Waals surface area contributed by atoms with Gasteiger partial charge in [0.1, 0.15) is 11.6 Å². The summed E-state index contributed by atoms with van der Waals surface area (Å²) in [5, 5.41) is 0. The third kappa shape index (κ3) is 4.64. The summed E-state index contributed by atoms with van der Waals surface area (Å²) in [5.74, 6) is -0.154. The summed E-state index contributed by atoms with van der Waals surface area (Å²) in [6, 6.07) is -0.206. The van der Waals surface area contributed by atoms with Crippen molar-refractivity contribution < 1.29 is 14.3 Å². The van der Waals surface area contributed by atoms with Crippen molar-refractivity contribution in [2.75, 3.05) is 13.1 Å². The second kappa shape index (κ2) is 5.36. The van der Waals surface area contributed by atoms with Crippen molar-refractivity contribution >= 4 is 5.97 Å². The van der Waals surface area contributed by atoms with Crippen molar-refractivity contribution in [2.24, 2.45) is 0 Å². The predicted molar refractivity (Wildman–Crippen MR) is 66.9 cm³/mol. The Kier molecular flexibility index (Phi) is 4.55. The Morgan fingerprint density at radius 1 is 1.29 bits per heavy atom. The van der Waals surface area contributed by atoms with Gasteiger partial charge in [0.05, 0.1) is 12.2 Å². The number of rotatable bonds is 2. The summed E-state index contributed by atoms with van der Waals surface area (Å²) in [4.78, 5) is 14.1. The van der Waals surface area contributed by atoms with E-state index < -0.39 is 5.60 Å². The lowest BCUT2D eigenvalue weighted by Gasteiger charge is -2.38. The molecule has 1 unspecified atom stereocenters. The molecular weight excluding hydrogens is 218 g/mol. The number of nitrogens with zero attached hydrogens (tertiary/aromatic N) is 1. The average molecular weight is 243 g/mol. The highest BCUT2D eigenvalue weighted by Gasteiger charge is 2.31. The Morgan fingerprint density at radius 3 is 2.18 bits per heavy atom. The van der Waals surface area contributed by atoms with Crippen LogP contribution < -0.4 is 0 Å². The first-order valence-corrected chi connectivity index (χ1v) is 6.31. The summed E-state index contributed by atoms with van der Waals surface area (Å²) in [6.07, 6.45) is 0.340. The molecule has 0 saturated carbocycles. The number of carbonyl (C=O) groups excluding carboxylic acids is 1. The van der Waals surface area contributed by atoms with Crippen LogP contribution >= 0.6 is 0 Å². The SMILES string of the molecule is CC(C(=O)OC(C)(C)C)N1C[C@@H](C)O[C@@H](C)C1. The second-order valence-electron chi connectivity index (χ2n) is 5.92. The molecule has 17 heavy (non-hydrogen) atoms. The first kappa shape index (κ1) is 14.5. The molecule has 0 aromatic carbocycles. The zero-order valence-electron chi connectivity index (χ0n) is 11.8. The van der Waals surface area contributed by atoms with Crippen LogP contribution in [0.3, 0.4) is 0 Å². The highest BCUT2D eigenvalue weighted by Crippen LogP contribution is 2.16. The van der Waals surface area contributed by atoms with Crippen LogP contribution in [0.2, 0.25) is 0 Å². The van der Waals surface area contributed by atoms with E-state index in [1.165, 1.54) is 0 Å².